The topological polar surface area (TPSA) is 0 Å². The summed E-state index contributed by atoms with van der Waals surface area (Å²) in [5, 5.41) is 0. The highest BCUT2D eigenvalue weighted by atomic mass is 31.1. The molecule has 2 bridgehead atoms. The van der Waals surface area contributed by atoms with Gasteiger partial charge >= 0.3 is 0 Å². The zero-order chi connectivity index (χ0) is 4.69. The summed E-state index contributed by atoms with van der Waals surface area (Å²) < 4.78 is 0. The Morgan fingerprint density at radius 1 is 1.57 bits per heavy atom. The molecule has 2 aliphatic rings. The lowest BCUT2D eigenvalue weighted by molar-refractivity contribution is 0.750. The van der Waals surface area contributed by atoms with Gasteiger partial charge in [-0.15, -0.1) is 0 Å². The second-order valence-corrected chi connectivity index (χ2v) is 4.67. The molecular weight excluding hydrogens is 103 g/mol. The second-order valence-electron chi connectivity index (χ2n) is 2.39. The number of hydrogen-bond donors (Lipinski definition) is 0. The smallest absolute Gasteiger partial charge is 0.0184 e. The van der Waals surface area contributed by atoms with Crippen LogP contribution in [0, 0.1) is 5.92 Å². The Bertz CT molecular complexity index is 94.7. The van der Waals surface area contributed by atoms with Gasteiger partial charge in [-0.2, -0.15) is 0 Å². The van der Waals surface area contributed by atoms with Crippen molar-refractivity contribution in [1.82, 2.24) is 0 Å². The van der Waals surface area contributed by atoms with Crippen molar-refractivity contribution < 1.29 is 0 Å². The average molecular weight is 112 g/mol. The van der Waals surface area contributed by atoms with Crippen molar-refractivity contribution in [3.05, 3.63) is 11.9 Å². The van der Waals surface area contributed by atoms with Gasteiger partial charge in [0.05, 0.1) is 0 Å². The van der Waals surface area contributed by atoms with Gasteiger partial charge in [0.25, 0.3) is 0 Å². The van der Waals surface area contributed by atoms with Crippen LogP contribution in [0.2, 0.25) is 0 Å². The van der Waals surface area contributed by atoms with Gasteiger partial charge < -0.3 is 0 Å². The largest absolute Gasteiger partial charge is 0.0830 e. The highest BCUT2D eigenvalue weighted by molar-refractivity contribution is 7.61. The number of fused-ring (bicyclic) bond motifs is 2. The molecule has 0 nitrogen and oxygen atoms in total. The monoisotopic (exact) mass is 112 g/mol. The van der Waals surface area contributed by atoms with E-state index in [9.17, 15) is 0 Å². The quantitative estimate of drug-likeness (QED) is 0.420. The van der Waals surface area contributed by atoms with Crippen LogP contribution in [0.25, 0.3) is 0 Å². The molecule has 2 rings (SSSR count). The molecule has 0 spiro atoms. The first kappa shape index (κ1) is 4.09. The van der Waals surface area contributed by atoms with E-state index in [0.29, 0.717) is 7.92 Å². The van der Waals surface area contributed by atoms with Crippen LogP contribution in [0.3, 0.4) is 0 Å². The highest BCUT2D eigenvalue weighted by Gasteiger charge is 2.24. The third-order valence-corrected chi connectivity index (χ3v) is 4.19. The fourth-order valence-corrected chi connectivity index (χ4v) is 3.86. The average Bonchev–Trinajstić information content (AvgIpc) is 2.22. The van der Waals surface area contributed by atoms with Gasteiger partial charge in [-0.1, -0.05) is 19.8 Å². The Hall–Kier alpha value is 0.170. The molecule has 2 heterocycles. The van der Waals surface area contributed by atoms with E-state index in [2.05, 4.69) is 11.9 Å². The van der Waals surface area contributed by atoms with Gasteiger partial charge in [-0.25, -0.2) is 0 Å². The highest BCUT2D eigenvalue weighted by Crippen LogP contribution is 2.53. The van der Waals surface area contributed by atoms with E-state index in [0.717, 1.165) is 5.92 Å². The van der Waals surface area contributed by atoms with E-state index in [4.69, 9.17) is 0 Å². The molecule has 0 radical (unpaired) electrons. The summed E-state index contributed by atoms with van der Waals surface area (Å²) in [5.41, 5.74) is 0. The third-order valence-electron chi connectivity index (χ3n) is 1.83. The molecule has 0 aromatic rings. The zero-order valence-electron chi connectivity index (χ0n) is 4.30. The number of allylic oxidation sites excluding steroid dienone is 1. The summed E-state index contributed by atoms with van der Waals surface area (Å²) >= 11 is 0. The summed E-state index contributed by atoms with van der Waals surface area (Å²) in [5.74, 6) is 3.47. The van der Waals surface area contributed by atoms with Crippen molar-refractivity contribution in [2.24, 2.45) is 5.92 Å². The molecule has 0 aromatic carbocycles. The zero-order valence-corrected chi connectivity index (χ0v) is 5.20. The van der Waals surface area contributed by atoms with Crippen LogP contribution >= 0.6 is 7.92 Å². The molecule has 0 saturated carbocycles. The lowest BCUT2D eigenvalue weighted by Gasteiger charge is -1.97. The lowest BCUT2D eigenvalue weighted by Crippen LogP contribution is -1.87. The van der Waals surface area contributed by atoms with Crippen molar-refractivity contribution in [2.75, 3.05) is 12.3 Å². The van der Waals surface area contributed by atoms with E-state index in [1.807, 2.05) is 0 Å². The summed E-state index contributed by atoms with van der Waals surface area (Å²) in [7, 11) is 0.451. The molecule has 7 heavy (non-hydrogen) atoms. The molecule has 2 atom stereocenters. The molecule has 0 amide bonds. The van der Waals surface area contributed by atoms with Crippen LogP contribution in [0.4, 0.5) is 0 Å². The summed E-state index contributed by atoms with van der Waals surface area (Å²) in [4.78, 5) is 0. The first-order chi connectivity index (χ1) is 3.45. The van der Waals surface area contributed by atoms with E-state index in [1.54, 1.807) is 0 Å². The van der Waals surface area contributed by atoms with Gasteiger partial charge in [-0.3, -0.25) is 0 Å². The first-order valence-corrected chi connectivity index (χ1v) is 4.66. The van der Waals surface area contributed by atoms with Gasteiger partial charge in [-0.05, 0) is 24.7 Å². The van der Waals surface area contributed by atoms with E-state index in [1.165, 1.54) is 18.7 Å². The van der Waals surface area contributed by atoms with E-state index < -0.39 is 0 Å². The van der Waals surface area contributed by atoms with Crippen molar-refractivity contribution in [3.8, 4) is 0 Å². The summed E-state index contributed by atoms with van der Waals surface area (Å²) in [6, 6.07) is 0. The Morgan fingerprint density at radius 2 is 2.57 bits per heavy atom. The predicted octanol–water partition coefficient (Wildman–Crippen LogP) is 2.02. The maximum atomic E-state index is 2.45. The third kappa shape index (κ3) is 0.534. The maximum Gasteiger partial charge on any atom is -0.0184 e. The lowest BCUT2D eigenvalue weighted by atomic mass is 10.1. The summed E-state index contributed by atoms with van der Waals surface area (Å²) in [6.07, 6.45) is 6.99. The predicted molar refractivity (Wildman–Crippen MR) is 33.9 cm³/mol. The molecule has 0 N–H and O–H groups in total. The molecule has 0 aliphatic carbocycles. The Kier molecular flexibility index (Phi) is 0.772. The van der Waals surface area contributed by atoms with E-state index in [-0.39, 0.29) is 0 Å². The molecular formula is C6H9P. The molecule has 0 aromatic heterocycles. The van der Waals surface area contributed by atoms with E-state index >= 15 is 0 Å². The maximum absolute atomic E-state index is 2.45. The minimum absolute atomic E-state index is 0.451. The van der Waals surface area contributed by atoms with Crippen LogP contribution in [0.15, 0.2) is 11.9 Å². The fraction of sp³-hybridized carbons (Fsp3) is 0.667. The van der Waals surface area contributed by atoms with Crippen molar-refractivity contribution in [3.63, 3.8) is 0 Å². The SMILES string of the molecule is C1=CP2CCC1C2. The van der Waals surface area contributed by atoms with Crippen molar-refractivity contribution in [2.45, 2.75) is 6.42 Å². The van der Waals surface area contributed by atoms with Gasteiger partial charge in [0, 0.05) is 0 Å². The Balaban J connectivity index is 2.27. The normalized spacial score (nSPS) is 45.7. The van der Waals surface area contributed by atoms with Crippen LogP contribution in [-0.2, 0) is 0 Å². The molecule has 1 saturated heterocycles. The molecule has 2 aliphatic heterocycles. The van der Waals surface area contributed by atoms with Crippen LogP contribution in [0.1, 0.15) is 6.42 Å². The van der Waals surface area contributed by atoms with Gasteiger partial charge in [0.1, 0.15) is 0 Å². The minimum Gasteiger partial charge on any atom is -0.0830 e. The van der Waals surface area contributed by atoms with Crippen molar-refractivity contribution in [1.29, 1.82) is 0 Å². The minimum atomic E-state index is 0.451. The second kappa shape index (κ2) is 1.32. The Labute approximate surface area is 45.4 Å². The molecule has 2 unspecified atom stereocenters. The van der Waals surface area contributed by atoms with Crippen LogP contribution < -0.4 is 0 Å². The first-order valence-electron chi connectivity index (χ1n) is 2.87. The van der Waals surface area contributed by atoms with Gasteiger partial charge in [0.15, 0.2) is 0 Å². The molecule has 1 fully saturated rings. The van der Waals surface area contributed by atoms with Crippen LogP contribution in [0.5, 0.6) is 0 Å². The molecule has 38 valence electrons. The van der Waals surface area contributed by atoms with Crippen LogP contribution in [-0.4, -0.2) is 12.3 Å². The standard InChI is InChI=1S/C6H9P/c1-3-7-4-2-6(1)5-7/h1,3,6H,2,4-5H2. The fourth-order valence-electron chi connectivity index (χ4n) is 1.35. The number of rotatable bonds is 0. The number of hydrogen-bond acceptors (Lipinski definition) is 0. The summed E-state index contributed by atoms with van der Waals surface area (Å²) in [6.45, 7) is 0. The molecule has 1 heteroatoms. The van der Waals surface area contributed by atoms with Crippen molar-refractivity contribution >= 4 is 7.92 Å². The van der Waals surface area contributed by atoms with Gasteiger partial charge in [0.2, 0.25) is 0 Å². The Morgan fingerprint density at radius 3 is 2.71 bits per heavy atom.